The fourth-order valence-electron chi connectivity index (χ4n) is 2.18. The molecule has 0 aromatic heterocycles. The topological polar surface area (TPSA) is 102 Å². The van der Waals surface area contributed by atoms with Gasteiger partial charge in [0.15, 0.2) is 6.19 Å². The van der Waals surface area contributed by atoms with E-state index in [4.69, 9.17) is 20.3 Å². The van der Waals surface area contributed by atoms with Crippen LogP contribution >= 0.6 is 0 Å². The maximum Gasteiger partial charge on any atom is 0.490 e. The van der Waals surface area contributed by atoms with Crippen molar-refractivity contribution in [3.63, 3.8) is 0 Å². The molecule has 0 spiro atoms. The van der Waals surface area contributed by atoms with Crippen molar-refractivity contribution in [2.24, 2.45) is 5.41 Å². The lowest BCUT2D eigenvalue weighted by molar-refractivity contribution is -0.192. The molecule has 1 heterocycles. The van der Waals surface area contributed by atoms with Crippen LogP contribution in [-0.4, -0.2) is 45.3 Å². The SMILES string of the molecule is CC(C)(C)CC1CCC(C(=O)O)N1C#N.O=C(O)C(F)(F)F. The summed E-state index contributed by atoms with van der Waals surface area (Å²) >= 11 is 0. The first-order valence-corrected chi connectivity index (χ1v) is 6.50. The van der Waals surface area contributed by atoms with Gasteiger partial charge in [-0.3, -0.25) is 4.90 Å². The van der Waals surface area contributed by atoms with E-state index in [0.717, 1.165) is 12.8 Å². The van der Waals surface area contributed by atoms with Crippen molar-refractivity contribution in [1.29, 1.82) is 5.26 Å². The molecule has 9 heteroatoms. The van der Waals surface area contributed by atoms with Crippen LogP contribution in [0.5, 0.6) is 0 Å². The molecular formula is C13H19F3N2O4. The van der Waals surface area contributed by atoms with Gasteiger partial charge in [0.05, 0.1) is 0 Å². The van der Waals surface area contributed by atoms with E-state index in [1.54, 1.807) is 0 Å². The highest BCUT2D eigenvalue weighted by molar-refractivity contribution is 5.74. The van der Waals surface area contributed by atoms with Crippen LogP contribution in [-0.2, 0) is 9.59 Å². The third kappa shape index (κ3) is 6.65. The van der Waals surface area contributed by atoms with Gasteiger partial charge >= 0.3 is 18.1 Å². The average Bonchev–Trinajstić information content (AvgIpc) is 2.68. The summed E-state index contributed by atoms with van der Waals surface area (Å²) in [7, 11) is 0. The summed E-state index contributed by atoms with van der Waals surface area (Å²) in [6.45, 7) is 6.32. The summed E-state index contributed by atoms with van der Waals surface area (Å²) in [4.78, 5) is 21.2. The summed E-state index contributed by atoms with van der Waals surface area (Å²) in [5, 5.41) is 25.0. The number of likely N-dealkylation sites (tertiary alicyclic amines) is 1. The molecule has 1 rings (SSSR count). The molecule has 0 radical (unpaired) electrons. The highest BCUT2D eigenvalue weighted by atomic mass is 19.4. The second-order valence-corrected chi connectivity index (χ2v) is 6.16. The summed E-state index contributed by atoms with van der Waals surface area (Å²) in [6, 6.07) is -0.515. The van der Waals surface area contributed by atoms with Crippen molar-refractivity contribution in [2.75, 3.05) is 0 Å². The second-order valence-electron chi connectivity index (χ2n) is 6.16. The van der Waals surface area contributed by atoms with Gasteiger partial charge in [-0.25, -0.2) is 9.59 Å². The van der Waals surface area contributed by atoms with Gasteiger partial charge in [0, 0.05) is 6.04 Å². The Morgan fingerprint density at radius 3 is 1.95 bits per heavy atom. The lowest BCUT2D eigenvalue weighted by atomic mass is 9.87. The number of nitriles is 1. The Balaban J connectivity index is 0.000000534. The molecule has 0 bridgehead atoms. The predicted octanol–water partition coefficient (Wildman–Crippen LogP) is 2.45. The molecule has 1 saturated heterocycles. The normalized spacial score (nSPS) is 21.6. The maximum atomic E-state index is 10.9. The molecule has 1 fully saturated rings. The standard InChI is InChI=1S/C11H18N2O2.C2HF3O2/c1-11(2,3)6-8-4-5-9(10(14)15)13(8)7-12;3-2(4,5)1(6)7/h8-9H,4-6H2,1-3H3,(H,14,15);(H,6,7). The predicted molar refractivity (Wildman–Crippen MR) is 69.7 cm³/mol. The van der Waals surface area contributed by atoms with Crippen LogP contribution in [0.3, 0.4) is 0 Å². The van der Waals surface area contributed by atoms with Crippen LogP contribution < -0.4 is 0 Å². The quantitative estimate of drug-likeness (QED) is 0.757. The van der Waals surface area contributed by atoms with E-state index in [1.807, 2.05) is 6.19 Å². The minimum absolute atomic E-state index is 0.0936. The van der Waals surface area contributed by atoms with Crippen LogP contribution in [0.1, 0.15) is 40.0 Å². The highest BCUT2D eigenvalue weighted by Gasteiger charge is 2.39. The molecule has 0 saturated carbocycles. The van der Waals surface area contributed by atoms with E-state index in [0.29, 0.717) is 6.42 Å². The van der Waals surface area contributed by atoms with Gasteiger partial charge in [0.1, 0.15) is 6.04 Å². The smallest absolute Gasteiger partial charge is 0.480 e. The minimum atomic E-state index is -5.08. The molecule has 22 heavy (non-hydrogen) atoms. The van der Waals surface area contributed by atoms with Gasteiger partial charge in [-0.1, -0.05) is 20.8 Å². The Bertz CT molecular complexity index is 452. The Morgan fingerprint density at radius 1 is 1.23 bits per heavy atom. The van der Waals surface area contributed by atoms with Gasteiger partial charge in [0.2, 0.25) is 0 Å². The van der Waals surface area contributed by atoms with E-state index >= 15 is 0 Å². The summed E-state index contributed by atoms with van der Waals surface area (Å²) in [5.74, 6) is -3.64. The minimum Gasteiger partial charge on any atom is -0.480 e. The summed E-state index contributed by atoms with van der Waals surface area (Å²) < 4.78 is 31.7. The number of hydrogen-bond acceptors (Lipinski definition) is 4. The Kier molecular flexibility index (Phi) is 6.67. The average molecular weight is 324 g/mol. The third-order valence-corrected chi connectivity index (χ3v) is 2.99. The zero-order chi connectivity index (χ0) is 17.7. The summed E-state index contributed by atoms with van der Waals surface area (Å²) in [6.07, 6.45) is -0.803. The number of alkyl halides is 3. The van der Waals surface area contributed by atoms with Crippen molar-refractivity contribution < 1.29 is 33.0 Å². The number of rotatable bonds is 2. The zero-order valence-corrected chi connectivity index (χ0v) is 12.5. The van der Waals surface area contributed by atoms with Crippen molar-refractivity contribution in [3.05, 3.63) is 0 Å². The van der Waals surface area contributed by atoms with Gasteiger partial charge in [-0.15, -0.1) is 0 Å². The van der Waals surface area contributed by atoms with Crippen LogP contribution in [0.15, 0.2) is 0 Å². The number of hydrogen-bond donors (Lipinski definition) is 2. The molecule has 2 unspecified atom stereocenters. The van der Waals surface area contributed by atoms with Crippen LogP contribution in [0.2, 0.25) is 0 Å². The first kappa shape index (κ1) is 20.0. The Labute approximate surface area is 126 Å². The van der Waals surface area contributed by atoms with Crippen LogP contribution in [0, 0.1) is 16.9 Å². The van der Waals surface area contributed by atoms with Gasteiger partial charge < -0.3 is 10.2 Å². The van der Waals surface area contributed by atoms with E-state index in [1.165, 1.54) is 4.90 Å². The van der Waals surface area contributed by atoms with Crippen molar-refractivity contribution in [3.8, 4) is 6.19 Å². The first-order chi connectivity index (χ1) is 9.79. The molecule has 2 N–H and O–H groups in total. The maximum absolute atomic E-state index is 10.9. The molecule has 126 valence electrons. The van der Waals surface area contributed by atoms with Crippen molar-refractivity contribution in [1.82, 2.24) is 4.90 Å². The lowest BCUT2D eigenvalue weighted by Gasteiger charge is -2.28. The zero-order valence-electron chi connectivity index (χ0n) is 12.5. The highest BCUT2D eigenvalue weighted by Crippen LogP contribution is 2.32. The van der Waals surface area contributed by atoms with E-state index in [-0.39, 0.29) is 11.5 Å². The van der Waals surface area contributed by atoms with E-state index < -0.39 is 24.2 Å². The van der Waals surface area contributed by atoms with E-state index in [2.05, 4.69) is 20.8 Å². The van der Waals surface area contributed by atoms with Gasteiger partial charge in [0.25, 0.3) is 0 Å². The molecule has 0 aromatic rings. The van der Waals surface area contributed by atoms with Gasteiger partial charge in [-0.2, -0.15) is 18.4 Å². The molecule has 0 amide bonds. The number of nitrogens with zero attached hydrogens (tertiary/aromatic N) is 2. The third-order valence-electron chi connectivity index (χ3n) is 2.99. The largest absolute Gasteiger partial charge is 0.490 e. The van der Waals surface area contributed by atoms with Crippen LogP contribution in [0.4, 0.5) is 13.2 Å². The molecule has 1 aliphatic heterocycles. The summed E-state index contributed by atoms with van der Waals surface area (Å²) in [5.41, 5.74) is 0.132. The Morgan fingerprint density at radius 2 is 1.68 bits per heavy atom. The second kappa shape index (κ2) is 7.33. The number of carbonyl (C=O) groups is 2. The molecule has 0 aromatic carbocycles. The van der Waals surface area contributed by atoms with E-state index in [9.17, 15) is 18.0 Å². The number of carboxylic acid groups (broad SMARTS) is 2. The molecule has 6 nitrogen and oxygen atoms in total. The molecule has 1 aliphatic rings. The molecule has 0 aliphatic carbocycles. The fourth-order valence-corrected chi connectivity index (χ4v) is 2.18. The van der Waals surface area contributed by atoms with Crippen LogP contribution in [0.25, 0.3) is 0 Å². The number of carboxylic acids is 2. The van der Waals surface area contributed by atoms with Crippen molar-refractivity contribution in [2.45, 2.75) is 58.3 Å². The molecular weight excluding hydrogens is 305 g/mol. The van der Waals surface area contributed by atoms with Crippen molar-refractivity contribution >= 4 is 11.9 Å². The fraction of sp³-hybridized carbons (Fsp3) is 0.769. The Hall–Kier alpha value is -1.98. The molecule has 2 atom stereocenters. The lowest BCUT2D eigenvalue weighted by Crippen LogP contribution is -2.38. The first-order valence-electron chi connectivity index (χ1n) is 6.50. The number of aliphatic carboxylic acids is 2. The van der Waals surface area contributed by atoms with Gasteiger partial charge in [-0.05, 0) is 24.7 Å². The number of halogens is 3. The monoisotopic (exact) mass is 324 g/mol.